The molecule has 0 saturated carbocycles. The summed E-state index contributed by atoms with van der Waals surface area (Å²) in [6.45, 7) is 1.96. The number of ether oxygens (including phenoxy) is 1. The molecule has 1 aliphatic rings. The van der Waals surface area contributed by atoms with E-state index >= 15 is 0 Å². The number of fused-ring (bicyclic) bond motifs is 2. The molecule has 0 unspecified atom stereocenters. The van der Waals surface area contributed by atoms with Gasteiger partial charge in [0.2, 0.25) is 0 Å². The van der Waals surface area contributed by atoms with Crippen LogP contribution in [-0.4, -0.2) is 11.6 Å². The molecule has 5 rings (SSSR count). The molecule has 1 N–H and O–H groups in total. The molecule has 0 atom stereocenters. The summed E-state index contributed by atoms with van der Waals surface area (Å²) in [5.74, 6) is 1.32. The van der Waals surface area contributed by atoms with Crippen LogP contribution in [0.2, 0.25) is 0 Å². The molecule has 4 aromatic rings. The molecule has 146 valence electrons. The van der Waals surface area contributed by atoms with Gasteiger partial charge in [-0.15, -0.1) is 0 Å². The van der Waals surface area contributed by atoms with Crippen molar-refractivity contribution >= 4 is 49.7 Å². The number of aryl methyl sites for hydroxylation is 1. The maximum atomic E-state index is 12.4. The van der Waals surface area contributed by atoms with E-state index in [4.69, 9.17) is 4.74 Å². The zero-order valence-electron chi connectivity index (χ0n) is 16.1. The van der Waals surface area contributed by atoms with Crippen LogP contribution < -0.4 is 10.1 Å². The summed E-state index contributed by atoms with van der Waals surface area (Å²) in [6.07, 6.45) is 0. The van der Waals surface area contributed by atoms with Gasteiger partial charge in [0.15, 0.2) is 0 Å². The van der Waals surface area contributed by atoms with E-state index in [2.05, 4.69) is 38.4 Å². The molecule has 0 saturated heterocycles. The highest BCUT2D eigenvalue weighted by atomic mass is 79.9. The number of anilines is 1. The Morgan fingerprint density at radius 1 is 0.933 bits per heavy atom. The van der Waals surface area contributed by atoms with Crippen LogP contribution in [0.15, 0.2) is 88.3 Å². The van der Waals surface area contributed by atoms with Gasteiger partial charge in [0.25, 0.3) is 5.91 Å². The number of aliphatic imine (C=N–C) groups is 1. The van der Waals surface area contributed by atoms with E-state index < -0.39 is 0 Å². The van der Waals surface area contributed by atoms with E-state index in [1.165, 1.54) is 0 Å². The number of hydrogen-bond acceptors (Lipinski definition) is 3. The first-order valence-electron chi connectivity index (χ1n) is 9.55. The van der Waals surface area contributed by atoms with Crippen LogP contribution in [0, 0.1) is 6.92 Å². The Balaban J connectivity index is 1.44. The Labute approximate surface area is 182 Å². The third kappa shape index (κ3) is 3.37. The SMILES string of the molecule is Cc1cc(Br)cc2c1NC(=O)C2=Nc1ccc(Oc2cccc3ccccc23)cc1. The molecule has 0 fully saturated rings. The van der Waals surface area contributed by atoms with Crippen molar-refractivity contribution in [2.75, 3.05) is 5.32 Å². The minimum atomic E-state index is -0.192. The minimum absolute atomic E-state index is 0.192. The summed E-state index contributed by atoms with van der Waals surface area (Å²) < 4.78 is 7.01. The van der Waals surface area contributed by atoms with Crippen LogP contribution in [0.4, 0.5) is 11.4 Å². The third-order valence-electron chi connectivity index (χ3n) is 5.06. The second-order valence-electron chi connectivity index (χ2n) is 7.13. The summed E-state index contributed by atoms with van der Waals surface area (Å²) in [4.78, 5) is 17.0. The Bertz CT molecular complexity index is 1320. The van der Waals surface area contributed by atoms with Gasteiger partial charge in [0.05, 0.1) is 11.4 Å². The average molecular weight is 457 g/mol. The zero-order valence-corrected chi connectivity index (χ0v) is 17.7. The lowest BCUT2D eigenvalue weighted by atomic mass is 10.1. The number of amides is 1. The number of carbonyl (C=O) groups is 1. The molecule has 0 radical (unpaired) electrons. The Hall–Kier alpha value is -3.44. The highest BCUT2D eigenvalue weighted by Gasteiger charge is 2.27. The highest BCUT2D eigenvalue weighted by Crippen LogP contribution is 2.33. The van der Waals surface area contributed by atoms with E-state index in [0.717, 1.165) is 37.8 Å². The maximum absolute atomic E-state index is 12.4. The molecule has 4 aromatic carbocycles. The van der Waals surface area contributed by atoms with Crippen molar-refractivity contribution in [3.05, 3.63) is 94.5 Å². The number of nitrogens with one attached hydrogen (secondary N) is 1. The van der Waals surface area contributed by atoms with Gasteiger partial charge in [-0.25, -0.2) is 4.99 Å². The highest BCUT2D eigenvalue weighted by molar-refractivity contribution is 9.10. The molecule has 4 nitrogen and oxygen atoms in total. The normalized spacial score (nSPS) is 14.1. The van der Waals surface area contributed by atoms with Gasteiger partial charge in [0.1, 0.15) is 17.2 Å². The van der Waals surface area contributed by atoms with Crippen molar-refractivity contribution in [3.63, 3.8) is 0 Å². The van der Waals surface area contributed by atoms with E-state index in [-0.39, 0.29) is 5.91 Å². The summed E-state index contributed by atoms with van der Waals surface area (Å²) in [7, 11) is 0. The fraction of sp³-hybridized carbons (Fsp3) is 0.0400. The number of carbonyl (C=O) groups excluding carboxylic acids is 1. The molecular weight excluding hydrogens is 440 g/mol. The van der Waals surface area contributed by atoms with E-state index in [1.54, 1.807) is 0 Å². The van der Waals surface area contributed by atoms with E-state index in [9.17, 15) is 4.79 Å². The molecular formula is C25H17BrN2O2. The van der Waals surface area contributed by atoms with Crippen LogP contribution in [0.25, 0.3) is 10.8 Å². The Morgan fingerprint density at radius 3 is 2.53 bits per heavy atom. The summed E-state index contributed by atoms with van der Waals surface area (Å²) in [5.41, 5.74) is 3.73. The molecule has 0 spiro atoms. The first kappa shape index (κ1) is 18.6. The van der Waals surface area contributed by atoms with Gasteiger partial charge in [-0.05, 0) is 60.3 Å². The number of benzene rings is 4. The van der Waals surface area contributed by atoms with Crippen molar-refractivity contribution in [3.8, 4) is 11.5 Å². The quantitative estimate of drug-likeness (QED) is 0.369. The molecule has 30 heavy (non-hydrogen) atoms. The third-order valence-corrected chi connectivity index (χ3v) is 5.52. The van der Waals surface area contributed by atoms with Gasteiger partial charge in [0, 0.05) is 15.4 Å². The van der Waals surface area contributed by atoms with Crippen molar-refractivity contribution < 1.29 is 9.53 Å². The van der Waals surface area contributed by atoms with Crippen molar-refractivity contribution in [2.24, 2.45) is 4.99 Å². The molecule has 1 heterocycles. The molecule has 0 aliphatic carbocycles. The van der Waals surface area contributed by atoms with E-state index in [1.807, 2.05) is 73.7 Å². The fourth-order valence-corrected chi connectivity index (χ4v) is 4.20. The fourth-order valence-electron chi connectivity index (χ4n) is 3.63. The molecule has 0 aromatic heterocycles. The first-order chi connectivity index (χ1) is 14.6. The van der Waals surface area contributed by atoms with E-state index in [0.29, 0.717) is 17.1 Å². The minimum Gasteiger partial charge on any atom is -0.457 e. The smallest absolute Gasteiger partial charge is 0.275 e. The number of nitrogens with zero attached hydrogens (tertiary/aromatic N) is 1. The Kier molecular flexibility index (Phi) is 4.60. The van der Waals surface area contributed by atoms with Crippen LogP contribution in [0.1, 0.15) is 11.1 Å². The van der Waals surface area contributed by atoms with Gasteiger partial charge in [-0.3, -0.25) is 4.79 Å². The van der Waals surface area contributed by atoms with Crippen LogP contribution >= 0.6 is 15.9 Å². The molecule has 1 aliphatic heterocycles. The van der Waals surface area contributed by atoms with Crippen molar-refractivity contribution in [2.45, 2.75) is 6.92 Å². The van der Waals surface area contributed by atoms with Gasteiger partial charge < -0.3 is 10.1 Å². The lowest BCUT2D eigenvalue weighted by Crippen LogP contribution is -2.13. The van der Waals surface area contributed by atoms with Crippen LogP contribution in [0.3, 0.4) is 0 Å². The predicted molar refractivity (Wildman–Crippen MR) is 124 cm³/mol. The van der Waals surface area contributed by atoms with Crippen molar-refractivity contribution in [1.29, 1.82) is 0 Å². The number of rotatable bonds is 3. The van der Waals surface area contributed by atoms with Crippen LogP contribution in [0.5, 0.6) is 11.5 Å². The summed E-state index contributed by atoms with van der Waals surface area (Å²) in [6, 6.07) is 25.4. The second kappa shape index (κ2) is 7.43. The van der Waals surface area contributed by atoms with Crippen LogP contribution in [-0.2, 0) is 4.79 Å². The van der Waals surface area contributed by atoms with Gasteiger partial charge in [-0.2, -0.15) is 0 Å². The van der Waals surface area contributed by atoms with Gasteiger partial charge >= 0.3 is 0 Å². The average Bonchev–Trinajstić information content (AvgIpc) is 3.05. The molecule has 5 heteroatoms. The first-order valence-corrected chi connectivity index (χ1v) is 10.3. The lowest BCUT2D eigenvalue weighted by molar-refractivity contribution is -0.110. The Morgan fingerprint density at radius 2 is 1.70 bits per heavy atom. The van der Waals surface area contributed by atoms with Gasteiger partial charge in [-0.1, -0.05) is 52.3 Å². The molecule has 0 bridgehead atoms. The predicted octanol–water partition coefficient (Wildman–Crippen LogP) is 6.78. The number of hydrogen-bond donors (Lipinski definition) is 1. The standard InChI is InChI=1S/C25H17BrN2O2/c1-15-13-17(26)14-21-23(15)28-25(29)24(21)27-18-9-11-19(12-10-18)30-22-8-4-6-16-5-2-3-7-20(16)22/h2-14H,1H3,(H,27,28,29). The topological polar surface area (TPSA) is 50.7 Å². The number of halogens is 1. The summed E-state index contributed by atoms with van der Waals surface area (Å²) >= 11 is 3.50. The van der Waals surface area contributed by atoms with Crippen molar-refractivity contribution in [1.82, 2.24) is 0 Å². The molecule has 1 amide bonds. The lowest BCUT2D eigenvalue weighted by Gasteiger charge is -2.09. The zero-order chi connectivity index (χ0) is 20.7. The largest absolute Gasteiger partial charge is 0.457 e. The summed E-state index contributed by atoms with van der Waals surface area (Å²) in [5, 5.41) is 5.10. The maximum Gasteiger partial charge on any atom is 0.275 e. The monoisotopic (exact) mass is 456 g/mol. The second-order valence-corrected chi connectivity index (χ2v) is 8.05.